The highest BCUT2D eigenvalue weighted by Gasteiger charge is 2.30. The van der Waals surface area contributed by atoms with Crippen molar-refractivity contribution in [2.24, 2.45) is 0 Å². The number of piperidine rings is 1. The molecule has 2 aromatic heterocycles. The fourth-order valence-electron chi connectivity index (χ4n) is 3.86. The molecule has 1 atom stereocenters. The van der Waals surface area contributed by atoms with Gasteiger partial charge in [-0.05, 0) is 58.6 Å². The summed E-state index contributed by atoms with van der Waals surface area (Å²) < 4.78 is 7.18. The number of amides is 2. The molecule has 34 heavy (non-hydrogen) atoms. The zero-order chi connectivity index (χ0) is 24.1. The summed E-state index contributed by atoms with van der Waals surface area (Å²) in [6.45, 7) is 6.83. The lowest BCUT2D eigenvalue weighted by molar-refractivity contribution is 0.00825. The third-order valence-corrected chi connectivity index (χ3v) is 5.47. The summed E-state index contributed by atoms with van der Waals surface area (Å²) in [5.74, 6) is -0.0202. The standard InChI is InChI=1S/C23H30N8O3/c1-23(2,3)34-22(33)31-12-7-6-8-16(31)11-13-30-15-19(26-29-30)21(32)28-27-20-14-24-17-9-4-5-10-18(17)25-20/h4-5,9-10,14-16H,6-8,11-13H2,1-3H3,(H,25,27)(H,28,32). The molecule has 1 aliphatic heterocycles. The Morgan fingerprint density at radius 3 is 2.76 bits per heavy atom. The second kappa shape index (κ2) is 10.0. The number of aromatic nitrogens is 5. The monoisotopic (exact) mass is 466 g/mol. The second-order valence-electron chi connectivity index (χ2n) is 9.30. The maximum absolute atomic E-state index is 12.6. The zero-order valence-corrected chi connectivity index (χ0v) is 19.7. The van der Waals surface area contributed by atoms with Crippen molar-refractivity contribution in [3.05, 3.63) is 42.4 Å². The third kappa shape index (κ3) is 5.97. The molecule has 180 valence electrons. The van der Waals surface area contributed by atoms with E-state index in [-0.39, 0.29) is 17.8 Å². The first-order valence-corrected chi connectivity index (χ1v) is 11.5. The van der Waals surface area contributed by atoms with Crippen LogP contribution in [0, 0.1) is 0 Å². The van der Waals surface area contributed by atoms with Crippen molar-refractivity contribution in [2.75, 3.05) is 12.0 Å². The molecular weight excluding hydrogens is 436 g/mol. The molecule has 1 unspecified atom stereocenters. The first kappa shape index (κ1) is 23.4. The maximum Gasteiger partial charge on any atom is 0.410 e. The Bertz CT molecular complexity index is 1160. The van der Waals surface area contributed by atoms with Gasteiger partial charge in [0, 0.05) is 19.1 Å². The van der Waals surface area contributed by atoms with Crippen LogP contribution in [0.3, 0.4) is 0 Å². The number of fused-ring (bicyclic) bond motifs is 1. The Morgan fingerprint density at radius 1 is 1.18 bits per heavy atom. The van der Waals surface area contributed by atoms with Crippen molar-refractivity contribution in [1.29, 1.82) is 0 Å². The second-order valence-corrected chi connectivity index (χ2v) is 9.30. The van der Waals surface area contributed by atoms with E-state index >= 15 is 0 Å². The quantitative estimate of drug-likeness (QED) is 0.531. The topological polar surface area (TPSA) is 127 Å². The molecular formula is C23H30N8O3. The number of para-hydroxylation sites is 2. The van der Waals surface area contributed by atoms with Crippen LogP contribution < -0.4 is 10.9 Å². The highest BCUT2D eigenvalue weighted by molar-refractivity contribution is 5.92. The number of hydrazine groups is 1. The average Bonchev–Trinajstić information content (AvgIpc) is 3.29. The SMILES string of the molecule is CC(C)(C)OC(=O)N1CCCCC1CCn1cc(C(=O)NNc2cnc3ccccc3n2)nn1. The fraction of sp³-hybridized carbons (Fsp3) is 0.478. The number of ether oxygens (including phenoxy) is 1. The molecule has 11 heteroatoms. The molecule has 1 aliphatic rings. The molecule has 3 aromatic rings. The van der Waals surface area contributed by atoms with E-state index < -0.39 is 11.5 Å². The van der Waals surface area contributed by atoms with Gasteiger partial charge in [0.25, 0.3) is 5.91 Å². The zero-order valence-electron chi connectivity index (χ0n) is 19.7. The highest BCUT2D eigenvalue weighted by atomic mass is 16.6. The maximum atomic E-state index is 12.6. The van der Waals surface area contributed by atoms with Crippen molar-refractivity contribution < 1.29 is 14.3 Å². The van der Waals surface area contributed by atoms with Crippen LogP contribution in [0.4, 0.5) is 10.6 Å². The normalized spacial score (nSPS) is 16.3. The Morgan fingerprint density at radius 2 is 1.97 bits per heavy atom. The van der Waals surface area contributed by atoms with Gasteiger partial charge in [-0.3, -0.25) is 25.3 Å². The molecule has 3 heterocycles. The molecule has 0 bridgehead atoms. The van der Waals surface area contributed by atoms with Gasteiger partial charge in [-0.25, -0.2) is 9.78 Å². The summed E-state index contributed by atoms with van der Waals surface area (Å²) in [6, 6.07) is 7.54. The van der Waals surface area contributed by atoms with Crippen LogP contribution in [0.5, 0.6) is 0 Å². The fourth-order valence-corrected chi connectivity index (χ4v) is 3.86. The summed E-state index contributed by atoms with van der Waals surface area (Å²) in [5.41, 5.74) is 6.46. The number of aryl methyl sites for hydroxylation is 1. The van der Waals surface area contributed by atoms with Gasteiger partial charge in [0.2, 0.25) is 0 Å². The predicted octanol–water partition coefficient (Wildman–Crippen LogP) is 3.16. The molecule has 4 rings (SSSR count). The van der Waals surface area contributed by atoms with E-state index in [4.69, 9.17) is 4.74 Å². The first-order valence-electron chi connectivity index (χ1n) is 11.5. The van der Waals surface area contributed by atoms with Crippen LogP contribution in [0.2, 0.25) is 0 Å². The smallest absolute Gasteiger partial charge is 0.410 e. The lowest BCUT2D eigenvalue weighted by Crippen LogP contribution is -2.46. The Hall–Kier alpha value is -3.76. The Kier molecular flexibility index (Phi) is 6.90. The number of likely N-dealkylation sites (tertiary alicyclic amines) is 1. The molecule has 1 saturated heterocycles. The van der Waals surface area contributed by atoms with Crippen LogP contribution in [0.15, 0.2) is 36.7 Å². The number of anilines is 1. The van der Waals surface area contributed by atoms with E-state index in [1.807, 2.05) is 49.9 Å². The van der Waals surface area contributed by atoms with Crippen LogP contribution in [0.25, 0.3) is 11.0 Å². The molecule has 1 fully saturated rings. The van der Waals surface area contributed by atoms with Gasteiger partial charge in [-0.2, -0.15) is 0 Å². The van der Waals surface area contributed by atoms with Crippen molar-refractivity contribution in [2.45, 2.75) is 64.6 Å². The molecule has 0 aliphatic carbocycles. The molecule has 1 aromatic carbocycles. The highest BCUT2D eigenvalue weighted by Crippen LogP contribution is 2.23. The average molecular weight is 467 g/mol. The van der Waals surface area contributed by atoms with Crippen molar-refractivity contribution in [3.63, 3.8) is 0 Å². The molecule has 2 amide bonds. The lowest BCUT2D eigenvalue weighted by Gasteiger charge is -2.36. The van der Waals surface area contributed by atoms with E-state index in [9.17, 15) is 9.59 Å². The van der Waals surface area contributed by atoms with Gasteiger partial charge in [0.15, 0.2) is 11.5 Å². The third-order valence-electron chi connectivity index (χ3n) is 5.47. The molecule has 0 spiro atoms. The Labute approximate surface area is 197 Å². The van der Waals surface area contributed by atoms with Crippen LogP contribution in [-0.2, 0) is 11.3 Å². The lowest BCUT2D eigenvalue weighted by atomic mass is 10.00. The predicted molar refractivity (Wildman–Crippen MR) is 126 cm³/mol. The first-order chi connectivity index (χ1) is 16.3. The number of rotatable bonds is 6. The summed E-state index contributed by atoms with van der Waals surface area (Å²) >= 11 is 0. The summed E-state index contributed by atoms with van der Waals surface area (Å²) in [7, 11) is 0. The van der Waals surface area contributed by atoms with E-state index in [2.05, 4.69) is 31.1 Å². The van der Waals surface area contributed by atoms with E-state index in [0.29, 0.717) is 25.3 Å². The minimum absolute atomic E-state index is 0.0678. The van der Waals surface area contributed by atoms with Crippen molar-refractivity contribution in [1.82, 2.24) is 35.3 Å². The number of carbonyl (C=O) groups excluding carboxylic acids is 2. The molecule has 0 radical (unpaired) electrons. The Balaban J connectivity index is 1.30. The van der Waals surface area contributed by atoms with Gasteiger partial charge in [0.1, 0.15) is 5.60 Å². The van der Waals surface area contributed by atoms with Gasteiger partial charge in [-0.15, -0.1) is 5.10 Å². The molecule has 0 saturated carbocycles. The van der Waals surface area contributed by atoms with Gasteiger partial charge in [0.05, 0.1) is 23.4 Å². The van der Waals surface area contributed by atoms with E-state index in [1.54, 1.807) is 17.1 Å². The van der Waals surface area contributed by atoms with Crippen molar-refractivity contribution >= 4 is 28.9 Å². The minimum atomic E-state index is -0.528. The number of nitrogens with one attached hydrogen (secondary N) is 2. The van der Waals surface area contributed by atoms with Crippen LogP contribution in [-0.4, -0.2) is 60.0 Å². The molecule has 11 nitrogen and oxygen atoms in total. The van der Waals surface area contributed by atoms with Gasteiger partial charge in [-0.1, -0.05) is 17.3 Å². The summed E-state index contributed by atoms with van der Waals surface area (Å²) in [5, 5.41) is 8.03. The summed E-state index contributed by atoms with van der Waals surface area (Å²) in [6.07, 6.45) is 6.51. The van der Waals surface area contributed by atoms with E-state index in [1.165, 1.54) is 0 Å². The molecule has 2 N–H and O–H groups in total. The van der Waals surface area contributed by atoms with Crippen molar-refractivity contribution in [3.8, 4) is 0 Å². The number of benzene rings is 1. The van der Waals surface area contributed by atoms with Crippen LogP contribution >= 0.6 is 0 Å². The number of carbonyl (C=O) groups is 2. The van der Waals surface area contributed by atoms with Crippen LogP contribution in [0.1, 0.15) is 56.9 Å². The number of hydrogen-bond donors (Lipinski definition) is 2. The number of hydrogen-bond acceptors (Lipinski definition) is 8. The minimum Gasteiger partial charge on any atom is -0.444 e. The van der Waals surface area contributed by atoms with E-state index in [0.717, 1.165) is 30.3 Å². The largest absolute Gasteiger partial charge is 0.444 e. The summed E-state index contributed by atoms with van der Waals surface area (Å²) in [4.78, 5) is 35.6. The number of nitrogens with zero attached hydrogens (tertiary/aromatic N) is 6. The van der Waals surface area contributed by atoms with Gasteiger partial charge < -0.3 is 9.64 Å². The van der Waals surface area contributed by atoms with Gasteiger partial charge >= 0.3 is 6.09 Å².